The van der Waals surface area contributed by atoms with Crippen molar-refractivity contribution in [1.82, 2.24) is 45.2 Å². The molecule has 0 spiro atoms. The third kappa shape index (κ3) is 21.4. The Hall–Kier alpha value is -8.28. The van der Waals surface area contributed by atoms with Crippen LogP contribution in [-0.4, -0.2) is 79.3 Å². The van der Waals surface area contributed by atoms with E-state index in [0.717, 1.165) is 50.8 Å². The average molecular weight is 1060 g/mol. The van der Waals surface area contributed by atoms with Crippen LogP contribution in [0.1, 0.15) is 159 Å². The Labute approximate surface area is 458 Å². The van der Waals surface area contributed by atoms with Gasteiger partial charge in [-0.25, -0.2) is 24.7 Å². The largest absolute Gasteiger partial charge is 0.481 e. The fraction of sp³-hybridized carbons (Fsp3) is 0.344. The lowest BCUT2D eigenvalue weighted by molar-refractivity contribution is -0.145. The molecule has 8 heterocycles. The number of carbonyl (C=O) groups is 4. The summed E-state index contributed by atoms with van der Waals surface area (Å²) >= 11 is 0. The van der Waals surface area contributed by atoms with Crippen LogP contribution in [0.25, 0.3) is 22.1 Å². The minimum atomic E-state index is -0.958. The second kappa shape index (κ2) is 29.3. The van der Waals surface area contributed by atoms with Crippen molar-refractivity contribution < 1.29 is 34.5 Å². The zero-order chi connectivity index (χ0) is 58.4. The van der Waals surface area contributed by atoms with E-state index in [4.69, 9.17) is 21.1 Å². The second-order valence-electron chi connectivity index (χ2n) is 22.1. The van der Waals surface area contributed by atoms with Gasteiger partial charge in [-0.1, -0.05) is 80.5 Å². The van der Waals surface area contributed by atoms with Crippen LogP contribution in [0.15, 0.2) is 128 Å². The van der Waals surface area contributed by atoms with Crippen molar-refractivity contribution in [3.8, 4) is 0 Å². The number of aromatic nitrogens is 8. The highest BCUT2D eigenvalue weighted by Gasteiger charge is 2.19. The summed E-state index contributed by atoms with van der Waals surface area (Å²) < 4.78 is 0. The standard InChI is InChI=1S/C20H22N4O.C10H8N2O2.C10H16N2.C10H13NO.C6H7NO.C5H10O2/c1-13-16(10-15-6-5-9-21-18(15)24-13)19(25)23-12-14-7-8-17(22-11-14)20(2,3)4;1-6-8(10(13)14)5-7-3-2-4-11-9(7)12-6;1-10(2,3)9-5-4-8(6-11)7-12-9;1-10(2,3)9-5-4-8(7-12)6-11-9;8-5-6-2-1-3-7-4-6;1-5(2,3)4(6)7/h5-11H,12H2,1-4H3,(H,23,25);2-5H,1H3,(H,13,14);4-5,7H,6,11H2,1-3H3;4-7H,1-3H3;1-4,8H,5H2;1-3H3,(H,6,7). The second-order valence-corrected chi connectivity index (χ2v) is 22.1. The number of nitrogens with two attached hydrogens (primary N) is 1. The van der Waals surface area contributed by atoms with Gasteiger partial charge >= 0.3 is 11.9 Å². The molecule has 0 aliphatic carbocycles. The summed E-state index contributed by atoms with van der Waals surface area (Å²) in [4.78, 5) is 77.2. The Morgan fingerprint density at radius 3 is 1.37 bits per heavy atom. The van der Waals surface area contributed by atoms with Crippen molar-refractivity contribution in [2.45, 2.75) is 133 Å². The maximum Gasteiger partial charge on any atom is 0.337 e. The summed E-state index contributed by atoms with van der Waals surface area (Å²) in [7, 11) is 0. The predicted molar refractivity (Wildman–Crippen MR) is 306 cm³/mol. The van der Waals surface area contributed by atoms with Gasteiger partial charge in [0.2, 0.25) is 0 Å². The highest BCUT2D eigenvalue weighted by atomic mass is 16.4. The molecule has 0 aliphatic heterocycles. The molecule has 0 radical (unpaired) electrons. The van der Waals surface area contributed by atoms with Gasteiger partial charge in [0.05, 0.1) is 34.5 Å². The zero-order valence-corrected chi connectivity index (χ0v) is 47.5. The Balaban J connectivity index is 0.000000261. The minimum Gasteiger partial charge on any atom is -0.481 e. The third-order valence-corrected chi connectivity index (χ3v) is 11.1. The van der Waals surface area contributed by atoms with Crippen molar-refractivity contribution in [3.05, 3.63) is 190 Å². The zero-order valence-electron chi connectivity index (χ0n) is 47.5. The molecule has 0 aliphatic rings. The number of aliphatic hydroxyl groups excluding tert-OH is 1. The number of hydrogen-bond acceptors (Lipinski definition) is 14. The number of carboxylic acid groups (broad SMARTS) is 2. The molecule has 8 rings (SSSR count). The van der Waals surface area contributed by atoms with Crippen molar-refractivity contribution in [1.29, 1.82) is 0 Å². The van der Waals surface area contributed by atoms with E-state index in [-0.39, 0.29) is 34.3 Å². The molecule has 0 fully saturated rings. The van der Waals surface area contributed by atoms with Crippen LogP contribution in [0, 0.1) is 19.3 Å². The molecule has 1 amide bonds. The lowest BCUT2D eigenvalue weighted by Gasteiger charge is -2.17. The first-order valence-electron chi connectivity index (χ1n) is 25.2. The maximum atomic E-state index is 12.5. The summed E-state index contributed by atoms with van der Waals surface area (Å²) in [6, 6.07) is 26.1. The van der Waals surface area contributed by atoms with E-state index in [9.17, 15) is 19.2 Å². The molecule has 0 aromatic carbocycles. The smallest absolute Gasteiger partial charge is 0.337 e. The van der Waals surface area contributed by atoms with E-state index >= 15 is 0 Å². The number of nitrogens with zero attached hydrogens (tertiary/aromatic N) is 8. The van der Waals surface area contributed by atoms with Crippen molar-refractivity contribution in [3.63, 3.8) is 0 Å². The summed E-state index contributed by atoms with van der Waals surface area (Å²) in [6.45, 7) is 28.7. The summed E-state index contributed by atoms with van der Waals surface area (Å²) in [5.74, 6) is -1.86. The molecule has 0 bridgehead atoms. The van der Waals surface area contributed by atoms with Gasteiger partial charge in [-0.05, 0) is 118 Å². The van der Waals surface area contributed by atoms with E-state index in [1.54, 1.807) is 89.0 Å². The van der Waals surface area contributed by atoms with Crippen LogP contribution in [0.2, 0.25) is 0 Å². The molecule has 412 valence electrons. The Morgan fingerprint density at radius 2 is 1.01 bits per heavy atom. The van der Waals surface area contributed by atoms with Crippen molar-refractivity contribution >= 4 is 46.2 Å². The van der Waals surface area contributed by atoms with E-state index in [1.165, 1.54) is 0 Å². The van der Waals surface area contributed by atoms with E-state index in [2.05, 4.69) is 108 Å². The van der Waals surface area contributed by atoms with Crippen molar-refractivity contribution in [2.75, 3.05) is 0 Å². The SMILES string of the molecule is CC(C)(C)C(=O)O.CC(C)(C)c1ccc(C=O)cn1.CC(C)(C)c1ccc(CN)cn1.Cc1nc2ncccc2cc1C(=O)NCc1ccc(C(C)(C)C)nc1.Cc1nc2ncccc2cc1C(=O)O.OCc1cccnc1. The van der Waals surface area contributed by atoms with Gasteiger partial charge in [-0.2, -0.15) is 0 Å². The number of aryl methyl sites for hydroxylation is 2. The molecule has 6 N–H and O–H groups in total. The summed E-state index contributed by atoms with van der Waals surface area (Å²) in [5.41, 5.74) is 15.0. The molecule has 8 aromatic heterocycles. The molecule has 17 heteroatoms. The van der Waals surface area contributed by atoms with Crippen LogP contribution in [0.5, 0.6) is 0 Å². The van der Waals surface area contributed by atoms with Gasteiger partial charge in [0.1, 0.15) is 0 Å². The number of amides is 1. The number of aliphatic hydroxyl groups is 1. The van der Waals surface area contributed by atoms with Gasteiger partial charge in [-0.15, -0.1) is 0 Å². The first-order chi connectivity index (χ1) is 36.5. The molecule has 78 heavy (non-hydrogen) atoms. The molecular weight excluding hydrogens is 985 g/mol. The minimum absolute atomic E-state index is 0.0175. The van der Waals surface area contributed by atoms with E-state index in [0.29, 0.717) is 46.9 Å². The summed E-state index contributed by atoms with van der Waals surface area (Å²) in [6.07, 6.45) is 12.7. The fourth-order valence-corrected chi connectivity index (χ4v) is 6.28. The first kappa shape index (κ1) is 64.0. The number of hydrogen-bond donors (Lipinski definition) is 5. The number of rotatable bonds is 7. The van der Waals surface area contributed by atoms with Crippen LogP contribution < -0.4 is 11.1 Å². The highest BCUT2D eigenvalue weighted by Crippen LogP contribution is 2.22. The Morgan fingerprint density at radius 1 is 0.564 bits per heavy atom. The van der Waals surface area contributed by atoms with Gasteiger partial charge < -0.3 is 26.4 Å². The number of aliphatic carboxylic acids is 1. The van der Waals surface area contributed by atoms with Gasteiger partial charge in [0.25, 0.3) is 5.91 Å². The molecule has 8 aromatic rings. The molecule has 0 saturated carbocycles. The third-order valence-electron chi connectivity index (χ3n) is 11.1. The number of pyridine rings is 8. The predicted octanol–water partition coefficient (Wildman–Crippen LogP) is 10.9. The van der Waals surface area contributed by atoms with Gasteiger partial charge in [-0.3, -0.25) is 34.3 Å². The number of carboxylic acids is 2. The first-order valence-corrected chi connectivity index (χ1v) is 25.2. The lowest BCUT2D eigenvalue weighted by atomic mass is 9.91. The number of nitrogens with one attached hydrogen (secondary N) is 1. The molecule has 0 saturated heterocycles. The molecular formula is C61H76N10O7. The lowest BCUT2D eigenvalue weighted by Crippen LogP contribution is -2.24. The van der Waals surface area contributed by atoms with E-state index in [1.807, 2.05) is 73.9 Å². The van der Waals surface area contributed by atoms with Gasteiger partial charge in [0.15, 0.2) is 17.6 Å². The van der Waals surface area contributed by atoms with Crippen LogP contribution in [0.4, 0.5) is 0 Å². The van der Waals surface area contributed by atoms with Crippen LogP contribution in [-0.2, 0) is 40.7 Å². The summed E-state index contributed by atoms with van der Waals surface area (Å²) in [5, 5.41) is 30.2. The van der Waals surface area contributed by atoms with E-state index < -0.39 is 17.4 Å². The molecule has 0 atom stereocenters. The monoisotopic (exact) mass is 1060 g/mol. The number of aldehydes is 1. The van der Waals surface area contributed by atoms with Crippen LogP contribution in [0.3, 0.4) is 0 Å². The number of aromatic carboxylic acids is 1. The van der Waals surface area contributed by atoms with Crippen LogP contribution >= 0.6 is 0 Å². The van der Waals surface area contributed by atoms with Crippen molar-refractivity contribution in [2.24, 2.45) is 11.1 Å². The highest BCUT2D eigenvalue weighted by molar-refractivity contribution is 5.98. The Bertz CT molecular complexity index is 3180. The Kier molecular flexibility index (Phi) is 24.0. The number of fused-ring (bicyclic) bond motifs is 2. The average Bonchev–Trinajstić information content (AvgIpc) is 3.40. The normalized spacial score (nSPS) is 11.0. The molecule has 17 nitrogen and oxygen atoms in total. The molecule has 0 unspecified atom stereocenters. The quantitative estimate of drug-likeness (QED) is 0.0928. The fourth-order valence-electron chi connectivity index (χ4n) is 6.28. The van der Waals surface area contributed by atoms with Gasteiger partial charge in [0, 0.05) is 106 Å². The topological polar surface area (TPSA) is 270 Å². The maximum absolute atomic E-state index is 12.5. The number of carbonyl (C=O) groups excluding carboxylic acids is 2.